The Morgan fingerprint density at radius 2 is 1.55 bits per heavy atom. The minimum Gasteiger partial charge on any atom is -0.508 e. The molecule has 0 spiro atoms. The predicted octanol–water partition coefficient (Wildman–Crippen LogP) is 4.78. The summed E-state index contributed by atoms with van der Waals surface area (Å²) in [7, 11) is 1.78. The number of hydrogen-bond acceptors (Lipinski definition) is 5. The molecule has 8 nitrogen and oxygen atoms in total. The summed E-state index contributed by atoms with van der Waals surface area (Å²) in [5, 5.41) is 27.4. The standard InChI is InChI=1S/C27H21ClN2O2.C2H2O4/c1-30-25-13-10-21(28)16-23(25)26(19-8-11-22(31)12-9-19)29-24(27(30)32)15-17-6-7-18-4-2-3-5-20(18)14-17;3-1(4)2(5)6/h2-14,16,24,31H,15H2,1H3;(H,3,4)(H,5,6). The van der Waals surface area contributed by atoms with Crippen LogP contribution in [-0.2, 0) is 20.8 Å². The molecule has 1 heterocycles. The highest BCUT2D eigenvalue weighted by atomic mass is 35.5. The summed E-state index contributed by atoms with van der Waals surface area (Å²) in [5.74, 6) is -3.55. The Kier molecular flexibility index (Phi) is 7.74. The summed E-state index contributed by atoms with van der Waals surface area (Å²) >= 11 is 6.32. The Hall–Kier alpha value is -4.69. The lowest BCUT2D eigenvalue weighted by molar-refractivity contribution is -0.159. The Morgan fingerprint density at radius 1 is 0.895 bits per heavy atom. The number of phenols is 1. The molecule has 0 saturated heterocycles. The van der Waals surface area contributed by atoms with Gasteiger partial charge in [0.1, 0.15) is 11.8 Å². The topological polar surface area (TPSA) is 128 Å². The molecule has 4 aromatic rings. The van der Waals surface area contributed by atoms with Crippen molar-refractivity contribution < 1.29 is 29.7 Å². The number of aliphatic carboxylic acids is 2. The van der Waals surface area contributed by atoms with Crippen molar-refractivity contribution in [1.29, 1.82) is 0 Å². The van der Waals surface area contributed by atoms with Gasteiger partial charge in [-0.2, -0.15) is 0 Å². The number of likely N-dealkylation sites (N-methyl/N-ethyl adjacent to an activating group) is 1. The molecule has 1 atom stereocenters. The largest absolute Gasteiger partial charge is 0.508 e. The summed E-state index contributed by atoms with van der Waals surface area (Å²) in [6, 6.07) is 26.2. The number of nitrogens with zero attached hydrogens (tertiary/aromatic N) is 2. The lowest BCUT2D eigenvalue weighted by atomic mass is 9.99. The summed E-state index contributed by atoms with van der Waals surface area (Å²) in [5.41, 5.74) is 4.10. The molecule has 38 heavy (non-hydrogen) atoms. The Balaban J connectivity index is 0.000000505. The van der Waals surface area contributed by atoms with Crippen LogP contribution >= 0.6 is 11.6 Å². The third kappa shape index (κ3) is 5.82. The van der Waals surface area contributed by atoms with Crippen LogP contribution in [0.3, 0.4) is 0 Å². The van der Waals surface area contributed by atoms with Crippen molar-refractivity contribution in [3.63, 3.8) is 0 Å². The number of benzene rings is 4. The van der Waals surface area contributed by atoms with E-state index in [0.29, 0.717) is 17.2 Å². The Labute approximate surface area is 223 Å². The van der Waals surface area contributed by atoms with E-state index in [1.165, 1.54) is 0 Å². The highest BCUT2D eigenvalue weighted by Crippen LogP contribution is 2.31. The highest BCUT2D eigenvalue weighted by Gasteiger charge is 2.30. The van der Waals surface area contributed by atoms with E-state index in [0.717, 1.165) is 33.2 Å². The molecule has 192 valence electrons. The molecule has 4 aromatic carbocycles. The molecule has 0 aromatic heterocycles. The number of carboxylic acids is 2. The number of amides is 1. The van der Waals surface area contributed by atoms with Gasteiger partial charge in [-0.1, -0.05) is 54.1 Å². The van der Waals surface area contributed by atoms with Crippen LogP contribution in [0.4, 0.5) is 5.69 Å². The van der Waals surface area contributed by atoms with E-state index in [9.17, 15) is 9.90 Å². The number of hydrogen-bond donors (Lipinski definition) is 3. The fourth-order valence-electron chi connectivity index (χ4n) is 4.18. The smallest absolute Gasteiger partial charge is 0.414 e. The van der Waals surface area contributed by atoms with Gasteiger partial charge in [0.15, 0.2) is 0 Å². The number of carboxylic acid groups (broad SMARTS) is 2. The highest BCUT2D eigenvalue weighted by molar-refractivity contribution is 6.32. The lowest BCUT2D eigenvalue weighted by Gasteiger charge is -2.20. The summed E-state index contributed by atoms with van der Waals surface area (Å²) in [6.45, 7) is 0. The van der Waals surface area contributed by atoms with Crippen LogP contribution in [-0.4, -0.2) is 52.0 Å². The first kappa shape index (κ1) is 26.4. The number of benzodiazepines with no additional fused rings is 1. The van der Waals surface area contributed by atoms with E-state index in [4.69, 9.17) is 36.4 Å². The zero-order valence-corrected chi connectivity index (χ0v) is 21.0. The molecular formula is C29H23ClN2O6. The van der Waals surface area contributed by atoms with Crippen molar-refractivity contribution in [2.45, 2.75) is 12.5 Å². The van der Waals surface area contributed by atoms with Crippen LogP contribution < -0.4 is 4.90 Å². The number of rotatable bonds is 3. The van der Waals surface area contributed by atoms with E-state index in [2.05, 4.69) is 30.3 Å². The van der Waals surface area contributed by atoms with Gasteiger partial charge in [0.2, 0.25) is 0 Å². The van der Waals surface area contributed by atoms with Crippen LogP contribution in [0.15, 0.2) is 89.9 Å². The van der Waals surface area contributed by atoms with E-state index in [-0.39, 0.29) is 11.7 Å². The number of fused-ring (bicyclic) bond motifs is 2. The second kappa shape index (κ2) is 11.1. The van der Waals surface area contributed by atoms with Gasteiger partial charge in [-0.3, -0.25) is 9.79 Å². The quantitative estimate of drug-likeness (QED) is 0.327. The molecule has 0 radical (unpaired) electrons. The molecule has 1 unspecified atom stereocenters. The first-order chi connectivity index (χ1) is 18.1. The zero-order valence-electron chi connectivity index (χ0n) is 20.2. The van der Waals surface area contributed by atoms with Crippen LogP contribution in [0.25, 0.3) is 10.8 Å². The van der Waals surface area contributed by atoms with Crippen molar-refractivity contribution in [1.82, 2.24) is 0 Å². The van der Waals surface area contributed by atoms with Crippen molar-refractivity contribution in [2.75, 3.05) is 11.9 Å². The van der Waals surface area contributed by atoms with Crippen LogP contribution in [0.2, 0.25) is 5.02 Å². The van der Waals surface area contributed by atoms with Crippen LogP contribution in [0.5, 0.6) is 5.75 Å². The fraction of sp³-hybridized carbons (Fsp3) is 0.103. The number of phenolic OH excluding ortho intramolecular Hbond substituents is 1. The summed E-state index contributed by atoms with van der Waals surface area (Å²) in [4.78, 5) is 38.2. The van der Waals surface area contributed by atoms with E-state index >= 15 is 0 Å². The fourth-order valence-corrected chi connectivity index (χ4v) is 4.36. The molecule has 0 fully saturated rings. The summed E-state index contributed by atoms with van der Waals surface area (Å²) in [6.07, 6.45) is 0.483. The minimum absolute atomic E-state index is 0.0736. The molecular weight excluding hydrogens is 508 g/mol. The summed E-state index contributed by atoms with van der Waals surface area (Å²) < 4.78 is 0. The zero-order chi connectivity index (χ0) is 27.4. The third-order valence-electron chi connectivity index (χ3n) is 6.04. The van der Waals surface area contributed by atoms with Crippen LogP contribution in [0.1, 0.15) is 16.7 Å². The second-order valence-corrected chi connectivity index (χ2v) is 9.03. The first-order valence-electron chi connectivity index (χ1n) is 11.5. The number of halogens is 1. The molecule has 0 aliphatic carbocycles. The average molecular weight is 531 g/mol. The molecule has 5 rings (SSSR count). The maximum Gasteiger partial charge on any atom is 0.414 e. The Morgan fingerprint density at radius 3 is 2.21 bits per heavy atom. The van der Waals surface area contributed by atoms with Crippen molar-refractivity contribution >= 4 is 51.6 Å². The van der Waals surface area contributed by atoms with E-state index in [1.54, 1.807) is 30.1 Å². The van der Waals surface area contributed by atoms with Gasteiger partial charge in [0, 0.05) is 29.6 Å². The van der Waals surface area contributed by atoms with E-state index < -0.39 is 18.0 Å². The number of carbonyl (C=O) groups excluding carboxylic acids is 1. The van der Waals surface area contributed by atoms with Gasteiger partial charge in [-0.05, 0) is 58.8 Å². The number of aliphatic imine (C=N–C) groups is 1. The number of aromatic hydroxyl groups is 1. The van der Waals surface area contributed by atoms with Gasteiger partial charge < -0.3 is 20.2 Å². The van der Waals surface area contributed by atoms with Gasteiger partial charge in [-0.15, -0.1) is 0 Å². The predicted molar refractivity (Wildman–Crippen MR) is 145 cm³/mol. The number of carbonyl (C=O) groups is 3. The normalized spacial score (nSPS) is 14.6. The van der Waals surface area contributed by atoms with Crippen LogP contribution in [0, 0.1) is 0 Å². The monoisotopic (exact) mass is 530 g/mol. The molecule has 9 heteroatoms. The van der Waals surface area contributed by atoms with Crippen molar-refractivity contribution in [3.8, 4) is 5.75 Å². The minimum atomic E-state index is -1.82. The van der Waals surface area contributed by atoms with Gasteiger partial charge in [0.25, 0.3) is 5.91 Å². The average Bonchev–Trinajstić information content (AvgIpc) is 3.00. The first-order valence-corrected chi connectivity index (χ1v) is 11.9. The number of anilines is 1. The van der Waals surface area contributed by atoms with Crippen molar-refractivity contribution in [2.24, 2.45) is 4.99 Å². The molecule has 1 aliphatic rings. The Bertz CT molecular complexity index is 1550. The van der Waals surface area contributed by atoms with Gasteiger partial charge in [-0.25, -0.2) is 9.59 Å². The van der Waals surface area contributed by atoms with E-state index in [1.807, 2.05) is 36.4 Å². The molecule has 1 amide bonds. The lowest BCUT2D eigenvalue weighted by Crippen LogP contribution is -2.36. The molecule has 3 N–H and O–H groups in total. The molecule has 0 bridgehead atoms. The second-order valence-electron chi connectivity index (χ2n) is 8.60. The maximum absolute atomic E-state index is 13.4. The van der Waals surface area contributed by atoms with Gasteiger partial charge in [0.05, 0.1) is 11.4 Å². The maximum atomic E-state index is 13.4. The van der Waals surface area contributed by atoms with Gasteiger partial charge >= 0.3 is 11.9 Å². The third-order valence-corrected chi connectivity index (χ3v) is 6.28. The molecule has 1 aliphatic heterocycles. The SMILES string of the molecule is CN1C(=O)C(Cc2ccc3ccccc3c2)N=C(c2ccc(O)cc2)c2cc(Cl)ccc21.O=C(O)C(=O)O. The molecule has 0 saturated carbocycles. The van der Waals surface area contributed by atoms with Crippen molar-refractivity contribution in [3.05, 3.63) is 107 Å².